The molecule has 1 aliphatic rings. The average molecular weight is 726 g/mol. The fourth-order valence-electron chi connectivity index (χ4n) is 5.94. The predicted octanol–water partition coefficient (Wildman–Crippen LogP) is 5.24. The topological polar surface area (TPSA) is 188 Å². The first kappa shape index (κ1) is 34.9. The number of carboxylic acid groups (broad SMARTS) is 2. The summed E-state index contributed by atoms with van der Waals surface area (Å²) in [5, 5.41) is 22.2. The number of anilines is 1. The molecule has 0 radical (unpaired) electrons. The Labute approximate surface area is 299 Å². The number of allylic oxidation sites excluding steroid dienone is 1. The number of aromatic amines is 1. The van der Waals surface area contributed by atoms with Gasteiger partial charge in [-0.2, -0.15) is 0 Å². The van der Waals surface area contributed by atoms with Gasteiger partial charge in [-0.1, -0.05) is 66.3 Å². The maximum Gasteiger partial charge on any atom is 0.326 e. The molecule has 4 N–H and O–H groups in total. The monoisotopic (exact) mass is 725 g/mol. The highest BCUT2D eigenvalue weighted by Crippen LogP contribution is 2.41. The number of aryl methyl sites for hydroxylation is 2. The third kappa shape index (κ3) is 7.64. The van der Waals surface area contributed by atoms with E-state index in [0.29, 0.717) is 15.3 Å². The lowest BCUT2D eigenvalue weighted by Gasteiger charge is -2.19. The van der Waals surface area contributed by atoms with Gasteiger partial charge in [0, 0.05) is 23.1 Å². The summed E-state index contributed by atoms with van der Waals surface area (Å²) in [7, 11) is 0. The zero-order valence-corrected chi connectivity index (χ0v) is 29.0. The number of aromatic nitrogens is 3. The Morgan fingerprint density at radius 1 is 1.04 bits per heavy atom. The summed E-state index contributed by atoms with van der Waals surface area (Å²) in [6, 6.07) is 15.6. The fraction of sp³-hybridized carbons (Fsp3) is 0.194. The van der Waals surface area contributed by atoms with E-state index in [1.807, 2.05) is 6.07 Å². The summed E-state index contributed by atoms with van der Waals surface area (Å²) in [6.45, 7) is 2.53. The molecule has 3 heterocycles. The number of carboxylic acids is 2. The van der Waals surface area contributed by atoms with Gasteiger partial charge < -0.3 is 24.5 Å². The van der Waals surface area contributed by atoms with Crippen LogP contribution in [0.25, 0.3) is 17.2 Å². The zero-order chi connectivity index (χ0) is 36.4. The number of hydrogen-bond donors (Lipinski definition) is 4. The van der Waals surface area contributed by atoms with Crippen molar-refractivity contribution in [1.82, 2.24) is 19.4 Å². The minimum Gasteiger partial charge on any atom is -0.480 e. The van der Waals surface area contributed by atoms with Crippen molar-refractivity contribution in [2.24, 2.45) is 0 Å². The molecule has 0 aliphatic heterocycles. The fourth-order valence-corrected chi connectivity index (χ4v) is 6.98. The van der Waals surface area contributed by atoms with Crippen LogP contribution >= 0.6 is 23.6 Å². The number of hydrogen-bond acceptors (Lipinski definition) is 9. The van der Waals surface area contributed by atoms with Crippen molar-refractivity contribution in [1.29, 1.82) is 0 Å². The van der Waals surface area contributed by atoms with E-state index in [1.165, 1.54) is 16.0 Å². The zero-order valence-electron chi connectivity index (χ0n) is 27.3. The third-order valence-electron chi connectivity index (χ3n) is 8.35. The summed E-state index contributed by atoms with van der Waals surface area (Å²) in [6.07, 6.45) is 5.48. The van der Waals surface area contributed by atoms with Gasteiger partial charge in [-0.05, 0) is 53.8 Å². The number of rotatable bonds is 11. The van der Waals surface area contributed by atoms with Crippen molar-refractivity contribution < 1.29 is 33.8 Å². The van der Waals surface area contributed by atoms with Crippen LogP contribution in [0.5, 0.6) is 0 Å². The number of H-pyrrole nitrogens is 1. The summed E-state index contributed by atoms with van der Waals surface area (Å²) >= 11 is 6.92. The van der Waals surface area contributed by atoms with Crippen LogP contribution in [-0.4, -0.2) is 66.5 Å². The molecule has 3 aromatic heterocycles. The average Bonchev–Trinajstić information content (AvgIpc) is 3.69. The number of fused-ring (bicyclic) bond motifs is 3. The lowest BCUT2D eigenvalue weighted by molar-refractivity contribution is -0.149. The van der Waals surface area contributed by atoms with Gasteiger partial charge in [-0.15, -0.1) is 11.3 Å². The van der Waals surface area contributed by atoms with E-state index in [-0.39, 0.29) is 35.5 Å². The first-order chi connectivity index (χ1) is 24.4. The molecule has 0 bridgehead atoms. The van der Waals surface area contributed by atoms with Gasteiger partial charge in [0.05, 0.1) is 18.7 Å². The molecule has 51 heavy (non-hydrogen) atoms. The number of nitrogens with zero attached hydrogens (tertiary/aromatic N) is 3. The Hall–Kier alpha value is -5.93. The van der Waals surface area contributed by atoms with Crippen LogP contribution in [0, 0.1) is 18.5 Å². The first-order valence-electron chi connectivity index (χ1n) is 15.6. The molecule has 1 atom stereocenters. The van der Waals surface area contributed by atoms with Crippen LogP contribution in [0.3, 0.4) is 0 Å². The number of amides is 2. The molecule has 0 saturated carbocycles. The van der Waals surface area contributed by atoms with Gasteiger partial charge >= 0.3 is 17.6 Å². The molecule has 0 fully saturated rings. The van der Waals surface area contributed by atoms with Crippen molar-refractivity contribution in [2.45, 2.75) is 32.7 Å². The van der Waals surface area contributed by atoms with E-state index >= 15 is 0 Å². The second kappa shape index (κ2) is 14.5. The molecule has 2 amide bonds. The normalized spacial score (nSPS) is 13.2. The van der Waals surface area contributed by atoms with E-state index in [2.05, 4.69) is 71.6 Å². The molecule has 5 aromatic rings. The molecule has 0 spiro atoms. The molecule has 6 rings (SSSR count). The smallest absolute Gasteiger partial charge is 0.326 e. The summed E-state index contributed by atoms with van der Waals surface area (Å²) in [5.41, 5.74) is 7.16. The lowest BCUT2D eigenvalue weighted by Crippen LogP contribution is -2.40. The number of aliphatic carboxylic acids is 2. The number of nitrogens with one attached hydrogen (secondary N) is 2. The second-order valence-corrected chi connectivity index (χ2v) is 13.2. The van der Waals surface area contributed by atoms with Crippen LogP contribution in [0.4, 0.5) is 5.13 Å². The lowest BCUT2D eigenvalue weighted by atomic mass is 9.87. The van der Waals surface area contributed by atoms with Crippen molar-refractivity contribution in [3.05, 3.63) is 126 Å². The minimum absolute atomic E-state index is 0.0431. The molecule has 0 saturated heterocycles. The maximum atomic E-state index is 13.1. The summed E-state index contributed by atoms with van der Waals surface area (Å²) < 4.78 is 7.50. The number of furan rings is 1. The Morgan fingerprint density at radius 3 is 2.55 bits per heavy atom. The minimum atomic E-state index is -1.35. The highest BCUT2D eigenvalue weighted by atomic mass is 32.1. The largest absolute Gasteiger partial charge is 0.480 e. The predicted molar refractivity (Wildman–Crippen MR) is 192 cm³/mol. The van der Waals surface area contributed by atoms with Crippen LogP contribution in [0.1, 0.15) is 55.7 Å². The quantitative estimate of drug-likeness (QED) is 0.131. The summed E-state index contributed by atoms with van der Waals surface area (Å²) in [5.74, 6) is -4.10. The van der Waals surface area contributed by atoms with Crippen LogP contribution in [0.15, 0.2) is 75.4 Å². The van der Waals surface area contributed by atoms with Crippen molar-refractivity contribution in [3.63, 3.8) is 0 Å². The van der Waals surface area contributed by atoms with E-state index < -0.39 is 42.5 Å². The molecular weight excluding hydrogens is 695 g/mol. The van der Waals surface area contributed by atoms with Gasteiger partial charge in [0.15, 0.2) is 10.9 Å². The van der Waals surface area contributed by atoms with Gasteiger partial charge in [0.2, 0.25) is 5.91 Å². The molecule has 2 aromatic carbocycles. The van der Waals surface area contributed by atoms with E-state index in [9.17, 15) is 24.0 Å². The Bertz CT molecular complexity index is 2340. The second-order valence-electron chi connectivity index (χ2n) is 12.0. The molecule has 1 aliphatic carbocycles. The number of carbonyl (C=O) groups excluding carboxylic acids is 2. The molecule has 260 valence electrons. The van der Waals surface area contributed by atoms with E-state index in [1.54, 1.807) is 12.3 Å². The standard InChI is InChI=1S/C36H31N5O8S2/c1-19-6-8-25-26(10-9-23-20(2)4-3-5-24(23)27(25)12-19)28-14-37-36(48)41(34(28)50)15-22-7-11-29(49-22)33(47)39-35-38-21(18-51-35)13-30(42)40(16-31(43)44)17-32(45)46/h3-12,14,18,26H,13,15-17H2,1-2H3,(H,37,48)(H,43,44)(H,45,46)(H,38,39,47). The van der Waals surface area contributed by atoms with Crippen molar-refractivity contribution >= 4 is 58.5 Å². The highest BCUT2D eigenvalue weighted by Gasteiger charge is 2.25. The van der Waals surface area contributed by atoms with E-state index in [0.717, 1.165) is 50.3 Å². The van der Waals surface area contributed by atoms with Gasteiger partial charge in [-0.3, -0.25) is 29.1 Å². The Morgan fingerprint density at radius 2 is 1.80 bits per heavy atom. The molecule has 15 heteroatoms. The first-order valence-corrected chi connectivity index (χ1v) is 16.9. The van der Waals surface area contributed by atoms with Gasteiger partial charge in [0.25, 0.3) is 5.91 Å². The van der Waals surface area contributed by atoms with Gasteiger partial charge in [-0.25, -0.2) is 9.78 Å². The number of carbonyl (C=O) groups is 4. The van der Waals surface area contributed by atoms with Crippen molar-refractivity contribution in [3.8, 4) is 11.1 Å². The highest BCUT2D eigenvalue weighted by molar-refractivity contribution is 7.71. The third-order valence-corrected chi connectivity index (χ3v) is 9.61. The molecule has 13 nitrogen and oxygen atoms in total. The maximum absolute atomic E-state index is 13.1. The summed E-state index contributed by atoms with van der Waals surface area (Å²) in [4.78, 5) is 68.4. The van der Waals surface area contributed by atoms with E-state index in [4.69, 9.17) is 26.8 Å². The SMILES string of the molecule is Cc1ccc2c(c1)-c1cccc(C)c1C=CC2c1c[nH]c(=O)n(Cc2ccc(C(=O)Nc3nc(CC(=O)N(CC(=O)O)CC(=O)O)cs3)o2)c1=S. The van der Waals surface area contributed by atoms with Crippen LogP contribution < -0.4 is 11.0 Å². The molecule has 1 unspecified atom stereocenters. The Kier molecular flexibility index (Phi) is 9.93. The number of thiazole rings is 1. The van der Waals surface area contributed by atoms with Crippen LogP contribution in [0.2, 0.25) is 0 Å². The number of benzene rings is 2. The van der Waals surface area contributed by atoms with Crippen molar-refractivity contribution in [2.75, 3.05) is 18.4 Å². The Balaban J connectivity index is 1.19. The molecular formula is C36H31N5O8S2. The van der Waals surface area contributed by atoms with Gasteiger partial charge in [0.1, 0.15) is 23.5 Å². The van der Waals surface area contributed by atoms with Crippen LogP contribution in [-0.2, 0) is 27.3 Å².